The smallest absolute Gasteiger partial charge is 0.247 e. The molecule has 0 saturated carbocycles. The van der Waals surface area contributed by atoms with Crippen LogP contribution in [0.2, 0.25) is 0 Å². The maximum Gasteiger partial charge on any atom is 0.247 e. The van der Waals surface area contributed by atoms with Gasteiger partial charge in [0.25, 0.3) is 0 Å². The number of benzene rings is 1. The van der Waals surface area contributed by atoms with Crippen LogP contribution in [0.3, 0.4) is 0 Å². The highest BCUT2D eigenvalue weighted by Crippen LogP contribution is 2.20. The first-order valence-corrected chi connectivity index (χ1v) is 8.80. The third-order valence-electron chi connectivity index (χ3n) is 4.43. The number of rotatable bonds is 8. The van der Waals surface area contributed by atoms with E-state index < -0.39 is 6.04 Å². The lowest BCUT2D eigenvalue weighted by atomic mass is 10.1. The van der Waals surface area contributed by atoms with Gasteiger partial charge in [-0.1, -0.05) is 19.9 Å². The van der Waals surface area contributed by atoms with E-state index >= 15 is 0 Å². The number of likely N-dealkylation sites (tertiary alicyclic amines) is 1. The average molecular weight is 361 g/mol. The number of carbonyl (C=O) groups is 3. The first kappa shape index (κ1) is 19.9. The van der Waals surface area contributed by atoms with E-state index in [0.717, 1.165) is 6.42 Å². The summed E-state index contributed by atoms with van der Waals surface area (Å²) >= 11 is 0. The van der Waals surface area contributed by atoms with Crippen LogP contribution < -0.4 is 10.1 Å². The molecule has 1 aromatic carbocycles. The number of nitrogens with one attached hydrogen (secondary N) is 1. The van der Waals surface area contributed by atoms with E-state index in [0.29, 0.717) is 23.9 Å². The van der Waals surface area contributed by atoms with Crippen molar-refractivity contribution < 1.29 is 19.1 Å². The van der Waals surface area contributed by atoms with E-state index in [9.17, 15) is 14.4 Å². The van der Waals surface area contributed by atoms with Gasteiger partial charge in [-0.05, 0) is 31.5 Å². The molecule has 1 saturated heterocycles. The number of methoxy groups -OCH3 is 1. The van der Waals surface area contributed by atoms with E-state index in [1.165, 1.54) is 4.90 Å². The van der Waals surface area contributed by atoms with Crippen LogP contribution in [0.25, 0.3) is 0 Å². The molecule has 3 amide bonds. The lowest BCUT2D eigenvalue weighted by molar-refractivity contribution is -0.139. The van der Waals surface area contributed by atoms with Gasteiger partial charge >= 0.3 is 0 Å². The predicted molar refractivity (Wildman–Crippen MR) is 98.8 cm³/mol. The van der Waals surface area contributed by atoms with Crippen LogP contribution in [-0.4, -0.2) is 60.8 Å². The second kappa shape index (κ2) is 8.80. The van der Waals surface area contributed by atoms with Crippen molar-refractivity contribution in [3.8, 4) is 5.75 Å². The summed E-state index contributed by atoms with van der Waals surface area (Å²) in [4.78, 5) is 39.8. The second-order valence-corrected chi connectivity index (χ2v) is 6.98. The van der Waals surface area contributed by atoms with Gasteiger partial charge in [-0.15, -0.1) is 0 Å². The molecule has 2 rings (SSSR count). The Labute approximate surface area is 154 Å². The zero-order chi connectivity index (χ0) is 19.3. The normalized spacial score (nSPS) is 17.3. The first-order chi connectivity index (χ1) is 12.3. The zero-order valence-corrected chi connectivity index (χ0v) is 15.8. The molecule has 0 aliphatic carbocycles. The van der Waals surface area contributed by atoms with Gasteiger partial charge in [0.05, 0.1) is 26.1 Å². The van der Waals surface area contributed by atoms with Crippen LogP contribution in [0.15, 0.2) is 24.3 Å². The molecule has 1 aromatic rings. The Morgan fingerprint density at radius 3 is 2.77 bits per heavy atom. The van der Waals surface area contributed by atoms with Gasteiger partial charge in [0.15, 0.2) is 0 Å². The maximum absolute atomic E-state index is 12.5. The minimum absolute atomic E-state index is 0.0267. The summed E-state index contributed by atoms with van der Waals surface area (Å²) in [6, 6.07) is 6.47. The number of anilines is 1. The molecule has 142 valence electrons. The van der Waals surface area contributed by atoms with Crippen LogP contribution in [0.5, 0.6) is 5.75 Å². The Bertz CT molecular complexity index is 675. The number of carbonyl (C=O) groups excluding carboxylic acids is 3. The van der Waals surface area contributed by atoms with Gasteiger partial charge in [-0.3, -0.25) is 24.2 Å². The summed E-state index contributed by atoms with van der Waals surface area (Å²) in [6.07, 6.45) is 0.907. The van der Waals surface area contributed by atoms with Crippen LogP contribution in [0.4, 0.5) is 5.69 Å². The molecule has 1 aliphatic rings. The molecule has 0 aromatic heterocycles. The lowest BCUT2D eigenvalue weighted by Crippen LogP contribution is -2.43. The summed E-state index contributed by atoms with van der Waals surface area (Å²) in [5.74, 6) is 0.434. The molecule has 26 heavy (non-hydrogen) atoms. The Balaban J connectivity index is 1.92. The Morgan fingerprint density at radius 2 is 2.12 bits per heavy atom. The monoisotopic (exact) mass is 361 g/mol. The number of ether oxygens (including phenoxy) is 1. The quantitative estimate of drug-likeness (QED) is 0.714. The molecule has 1 heterocycles. The molecule has 1 aliphatic heterocycles. The van der Waals surface area contributed by atoms with Crippen LogP contribution in [0.1, 0.15) is 26.7 Å². The van der Waals surface area contributed by atoms with Gasteiger partial charge in [0, 0.05) is 18.3 Å². The van der Waals surface area contributed by atoms with Gasteiger partial charge in [-0.25, -0.2) is 0 Å². The average Bonchev–Trinajstić information content (AvgIpc) is 2.87. The number of hydrogen-bond acceptors (Lipinski definition) is 5. The number of likely N-dealkylation sites (N-methyl/N-ethyl adjacent to an activating group) is 1. The predicted octanol–water partition coefficient (Wildman–Crippen LogP) is 1.74. The third-order valence-corrected chi connectivity index (χ3v) is 4.43. The minimum atomic E-state index is -0.578. The van der Waals surface area contributed by atoms with Crippen molar-refractivity contribution >= 4 is 23.4 Å². The SMILES string of the molecule is COc1cccc(NC(=O)CN(C)[C@H]2CC(=O)N(CCC(C)C)C2=O)c1. The lowest BCUT2D eigenvalue weighted by Gasteiger charge is -2.22. The summed E-state index contributed by atoms with van der Waals surface area (Å²) in [5.41, 5.74) is 0.620. The van der Waals surface area contributed by atoms with E-state index in [4.69, 9.17) is 4.74 Å². The highest BCUT2D eigenvalue weighted by atomic mass is 16.5. The standard InChI is InChI=1S/C19H27N3O4/c1-13(2)8-9-22-18(24)11-16(19(22)25)21(3)12-17(23)20-14-6-5-7-15(10-14)26-4/h5-7,10,13,16H,8-9,11-12H2,1-4H3,(H,20,23)/t16-/m0/s1. The van der Waals surface area contributed by atoms with E-state index in [2.05, 4.69) is 19.2 Å². The van der Waals surface area contributed by atoms with Gasteiger partial charge in [0.1, 0.15) is 5.75 Å². The van der Waals surface area contributed by atoms with E-state index in [1.54, 1.807) is 43.3 Å². The maximum atomic E-state index is 12.5. The number of hydrogen-bond donors (Lipinski definition) is 1. The van der Waals surface area contributed by atoms with Crippen molar-refractivity contribution in [2.45, 2.75) is 32.7 Å². The zero-order valence-electron chi connectivity index (χ0n) is 15.8. The van der Waals surface area contributed by atoms with Gasteiger partial charge in [-0.2, -0.15) is 0 Å². The summed E-state index contributed by atoms with van der Waals surface area (Å²) in [5, 5.41) is 2.78. The fourth-order valence-corrected chi connectivity index (χ4v) is 2.87. The fraction of sp³-hybridized carbons (Fsp3) is 0.526. The van der Waals surface area contributed by atoms with E-state index in [1.807, 2.05) is 0 Å². The Hall–Kier alpha value is -2.41. The highest BCUT2D eigenvalue weighted by Gasteiger charge is 2.40. The third kappa shape index (κ3) is 5.05. The number of amides is 3. The Kier molecular flexibility index (Phi) is 6.74. The number of imide groups is 1. The molecule has 0 bridgehead atoms. The largest absolute Gasteiger partial charge is 0.497 e. The van der Waals surface area contributed by atoms with Crippen LogP contribution >= 0.6 is 0 Å². The summed E-state index contributed by atoms with van der Waals surface area (Å²) in [6.45, 7) is 4.57. The van der Waals surface area contributed by atoms with Crippen molar-refractivity contribution in [3.05, 3.63) is 24.3 Å². The molecule has 0 radical (unpaired) electrons. The van der Waals surface area contributed by atoms with Crippen LogP contribution in [-0.2, 0) is 14.4 Å². The molecule has 1 atom stereocenters. The van der Waals surface area contributed by atoms with Gasteiger partial charge in [0.2, 0.25) is 17.7 Å². The van der Waals surface area contributed by atoms with Crippen molar-refractivity contribution in [2.24, 2.45) is 5.92 Å². The van der Waals surface area contributed by atoms with Crippen molar-refractivity contribution in [2.75, 3.05) is 32.6 Å². The Morgan fingerprint density at radius 1 is 1.38 bits per heavy atom. The van der Waals surface area contributed by atoms with Gasteiger partial charge < -0.3 is 10.1 Å². The van der Waals surface area contributed by atoms with Crippen molar-refractivity contribution in [3.63, 3.8) is 0 Å². The molecule has 7 nitrogen and oxygen atoms in total. The minimum Gasteiger partial charge on any atom is -0.497 e. The fourth-order valence-electron chi connectivity index (χ4n) is 2.87. The topological polar surface area (TPSA) is 79.0 Å². The molecular weight excluding hydrogens is 334 g/mol. The molecule has 7 heteroatoms. The number of nitrogens with zero attached hydrogens (tertiary/aromatic N) is 2. The van der Waals surface area contributed by atoms with Crippen LogP contribution in [0, 0.1) is 5.92 Å². The molecule has 1 fully saturated rings. The first-order valence-electron chi connectivity index (χ1n) is 8.80. The highest BCUT2D eigenvalue weighted by molar-refractivity contribution is 6.05. The molecule has 1 N–H and O–H groups in total. The molecule has 0 unspecified atom stereocenters. The summed E-state index contributed by atoms with van der Waals surface area (Å²) in [7, 11) is 3.25. The van der Waals surface area contributed by atoms with Crippen molar-refractivity contribution in [1.82, 2.24) is 9.80 Å². The second-order valence-electron chi connectivity index (χ2n) is 6.98. The van der Waals surface area contributed by atoms with E-state index in [-0.39, 0.29) is 30.7 Å². The van der Waals surface area contributed by atoms with Crippen molar-refractivity contribution in [1.29, 1.82) is 0 Å². The molecular formula is C19H27N3O4. The summed E-state index contributed by atoms with van der Waals surface area (Å²) < 4.78 is 5.13. The molecule has 0 spiro atoms.